The Morgan fingerprint density at radius 3 is 3.08 bits per heavy atom. The molecule has 0 aromatic carbocycles. The van der Waals surface area contributed by atoms with Gasteiger partial charge in [-0.25, -0.2) is 9.97 Å². The van der Waals surface area contributed by atoms with Crippen molar-refractivity contribution in [1.29, 1.82) is 0 Å². The molecule has 0 fully saturated rings. The Labute approximate surface area is 68.3 Å². The minimum atomic E-state index is -0.0452. The van der Waals surface area contributed by atoms with E-state index in [1.165, 1.54) is 6.33 Å². The van der Waals surface area contributed by atoms with Crippen LogP contribution < -0.4 is 5.73 Å². The Morgan fingerprint density at radius 2 is 2.33 bits per heavy atom. The molecule has 0 radical (unpaired) electrons. The predicted octanol–water partition coefficient (Wildman–Crippen LogP) is 0.0324. The van der Waals surface area contributed by atoms with Gasteiger partial charge in [0.15, 0.2) is 5.82 Å². The number of aromatic amines is 1. The molecule has 2 aromatic rings. The molecule has 4 N–H and O–H groups in total. The number of nitrogens with two attached hydrogens (primary N) is 1. The fourth-order valence-corrected chi connectivity index (χ4v) is 1.13. The number of rotatable bonds is 1. The van der Waals surface area contributed by atoms with Crippen molar-refractivity contribution in [2.24, 2.45) is 0 Å². The SMILES string of the molecule is Nc1ncnc2c(CO)c[nH]c12. The van der Waals surface area contributed by atoms with E-state index in [-0.39, 0.29) is 6.61 Å². The number of hydrogen-bond acceptors (Lipinski definition) is 4. The van der Waals surface area contributed by atoms with Crippen LogP contribution in [0.1, 0.15) is 5.56 Å². The highest BCUT2D eigenvalue weighted by Crippen LogP contribution is 2.18. The first kappa shape index (κ1) is 7.05. The summed E-state index contributed by atoms with van der Waals surface area (Å²) in [5.41, 5.74) is 7.66. The van der Waals surface area contributed by atoms with E-state index in [0.29, 0.717) is 16.9 Å². The Bertz CT molecular complexity index is 409. The van der Waals surface area contributed by atoms with Crippen molar-refractivity contribution in [1.82, 2.24) is 15.0 Å². The maximum Gasteiger partial charge on any atom is 0.151 e. The average Bonchev–Trinajstić information content (AvgIpc) is 2.49. The van der Waals surface area contributed by atoms with E-state index in [9.17, 15) is 0 Å². The molecule has 0 bridgehead atoms. The summed E-state index contributed by atoms with van der Waals surface area (Å²) in [6.45, 7) is -0.0452. The number of anilines is 1. The first-order valence-electron chi connectivity index (χ1n) is 3.50. The normalized spacial score (nSPS) is 10.8. The Morgan fingerprint density at radius 1 is 1.50 bits per heavy atom. The largest absolute Gasteiger partial charge is 0.392 e. The third-order valence-electron chi connectivity index (χ3n) is 1.74. The fourth-order valence-electron chi connectivity index (χ4n) is 1.13. The molecule has 2 heterocycles. The Balaban J connectivity index is 2.80. The predicted molar refractivity (Wildman–Crippen MR) is 44.2 cm³/mol. The van der Waals surface area contributed by atoms with E-state index in [1.54, 1.807) is 6.20 Å². The van der Waals surface area contributed by atoms with Gasteiger partial charge in [-0.2, -0.15) is 0 Å². The molecule has 0 saturated heterocycles. The lowest BCUT2D eigenvalue weighted by molar-refractivity contribution is 0.283. The van der Waals surface area contributed by atoms with Gasteiger partial charge in [-0.05, 0) is 0 Å². The van der Waals surface area contributed by atoms with Crippen LogP contribution in [0.5, 0.6) is 0 Å². The van der Waals surface area contributed by atoms with E-state index in [2.05, 4.69) is 15.0 Å². The van der Waals surface area contributed by atoms with Gasteiger partial charge < -0.3 is 15.8 Å². The van der Waals surface area contributed by atoms with Gasteiger partial charge in [-0.3, -0.25) is 0 Å². The van der Waals surface area contributed by atoms with Gasteiger partial charge in [0.05, 0.1) is 12.1 Å². The molecule has 2 rings (SSSR count). The van der Waals surface area contributed by atoms with E-state index in [0.717, 1.165) is 5.56 Å². The lowest BCUT2D eigenvalue weighted by Gasteiger charge is -1.93. The number of aliphatic hydroxyl groups is 1. The van der Waals surface area contributed by atoms with Crippen LogP contribution in [-0.4, -0.2) is 20.1 Å². The zero-order chi connectivity index (χ0) is 8.55. The number of nitrogens with one attached hydrogen (secondary N) is 1. The summed E-state index contributed by atoms with van der Waals surface area (Å²) in [5.74, 6) is 0.403. The highest BCUT2D eigenvalue weighted by molar-refractivity contribution is 5.86. The van der Waals surface area contributed by atoms with Crippen molar-refractivity contribution in [2.45, 2.75) is 6.61 Å². The molecule has 0 atom stereocenters. The molecule has 0 spiro atoms. The number of hydrogen-bond donors (Lipinski definition) is 3. The monoisotopic (exact) mass is 164 g/mol. The maximum atomic E-state index is 8.89. The molecular weight excluding hydrogens is 156 g/mol. The topological polar surface area (TPSA) is 87.8 Å². The molecule has 0 aliphatic carbocycles. The number of H-pyrrole nitrogens is 1. The Kier molecular flexibility index (Phi) is 1.44. The van der Waals surface area contributed by atoms with Crippen molar-refractivity contribution in [3.63, 3.8) is 0 Å². The third-order valence-corrected chi connectivity index (χ3v) is 1.74. The molecule has 0 aliphatic heterocycles. The number of aromatic nitrogens is 3. The summed E-state index contributed by atoms with van der Waals surface area (Å²) in [7, 11) is 0. The molecule has 5 heteroatoms. The van der Waals surface area contributed by atoms with Crippen molar-refractivity contribution in [3.05, 3.63) is 18.1 Å². The quantitative estimate of drug-likeness (QED) is 0.555. The minimum Gasteiger partial charge on any atom is -0.392 e. The van der Waals surface area contributed by atoms with Gasteiger partial charge >= 0.3 is 0 Å². The highest BCUT2D eigenvalue weighted by atomic mass is 16.3. The minimum absolute atomic E-state index is 0.0452. The van der Waals surface area contributed by atoms with Crippen LogP contribution in [0.4, 0.5) is 5.82 Å². The zero-order valence-electron chi connectivity index (χ0n) is 6.28. The molecular formula is C7H8N4O. The van der Waals surface area contributed by atoms with Gasteiger partial charge in [0.25, 0.3) is 0 Å². The van der Waals surface area contributed by atoms with Gasteiger partial charge in [-0.15, -0.1) is 0 Å². The summed E-state index contributed by atoms with van der Waals surface area (Å²) in [6, 6.07) is 0. The zero-order valence-corrected chi connectivity index (χ0v) is 6.28. The van der Waals surface area contributed by atoms with Crippen LogP contribution in [-0.2, 0) is 6.61 Å². The van der Waals surface area contributed by atoms with Gasteiger partial charge in [0, 0.05) is 11.8 Å². The van der Waals surface area contributed by atoms with Crippen LogP contribution in [0.25, 0.3) is 11.0 Å². The number of nitrogen functional groups attached to an aromatic ring is 1. The summed E-state index contributed by atoms with van der Waals surface area (Å²) in [6.07, 6.45) is 3.06. The van der Waals surface area contributed by atoms with E-state index in [4.69, 9.17) is 10.8 Å². The van der Waals surface area contributed by atoms with Crippen LogP contribution in [0, 0.1) is 0 Å². The first-order chi connectivity index (χ1) is 5.83. The lowest BCUT2D eigenvalue weighted by Crippen LogP contribution is -1.92. The molecule has 0 unspecified atom stereocenters. The van der Waals surface area contributed by atoms with Gasteiger partial charge in [-0.1, -0.05) is 0 Å². The van der Waals surface area contributed by atoms with Gasteiger partial charge in [0.1, 0.15) is 11.8 Å². The molecule has 0 amide bonds. The van der Waals surface area contributed by atoms with Crippen LogP contribution >= 0.6 is 0 Å². The van der Waals surface area contributed by atoms with E-state index in [1.807, 2.05) is 0 Å². The maximum absolute atomic E-state index is 8.89. The molecule has 0 aliphatic rings. The Hall–Kier alpha value is -1.62. The molecule has 12 heavy (non-hydrogen) atoms. The third kappa shape index (κ3) is 0.835. The number of nitrogens with zero attached hydrogens (tertiary/aromatic N) is 2. The lowest BCUT2D eigenvalue weighted by atomic mass is 10.3. The number of fused-ring (bicyclic) bond motifs is 1. The van der Waals surface area contributed by atoms with Crippen molar-refractivity contribution in [2.75, 3.05) is 5.73 Å². The highest BCUT2D eigenvalue weighted by Gasteiger charge is 2.05. The van der Waals surface area contributed by atoms with Crippen molar-refractivity contribution >= 4 is 16.9 Å². The van der Waals surface area contributed by atoms with Crippen molar-refractivity contribution < 1.29 is 5.11 Å². The first-order valence-corrected chi connectivity index (χ1v) is 3.50. The van der Waals surface area contributed by atoms with E-state index >= 15 is 0 Å². The fraction of sp³-hybridized carbons (Fsp3) is 0.143. The second-order valence-corrected chi connectivity index (χ2v) is 2.45. The van der Waals surface area contributed by atoms with Crippen molar-refractivity contribution in [3.8, 4) is 0 Å². The smallest absolute Gasteiger partial charge is 0.151 e. The molecule has 2 aromatic heterocycles. The summed E-state index contributed by atoms with van der Waals surface area (Å²) in [5, 5.41) is 8.89. The molecule has 5 nitrogen and oxygen atoms in total. The van der Waals surface area contributed by atoms with Crippen LogP contribution in [0.3, 0.4) is 0 Å². The second-order valence-electron chi connectivity index (χ2n) is 2.45. The standard InChI is InChI=1S/C7H8N4O/c8-7-6-5(10-3-11-7)4(2-12)1-9-6/h1,3,9,12H,2H2,(H2,8,10,11). The van der Waals surface area contributed by atoms with Crippen LogP contribution in [0.15, 0.2) is 12.5 Å². The second kappa shape index (κ2) is 2.46. The molecule has 62 valence electrons. The number of aliphatic hydroxyl groups excluding tert-OH is 1. The summed E-state index contributed by atoms with van der Waals surface area (Å²) in [4.78, 5) is 10.7. The summed E-state index contributed by atoms with van der Waals surface area (Å²) < 4.78 is 0. The van der Waals surface area contributed by atoms with Gasteiger partial charge in [0.2, 0.25) is 0 Å². The molecule has 0 saturated carbocycles. The summed E-state index contributed by atoms with van der Waals surface area (Å²) >= 11 is 0. The van der Waals surface area contributed by atoms with Crippen LogP contribution in [0.2, 0.25) is 0 Å². The van der Waals surface area contributed by atoms with E-state index < -0.39 is 0 Å². The average molecular weight is 164 g/mol.